The highest BCUT2D eigenvalue weighted by molar-refractivity contribution is 5.65. The molecule has 0 aliphatic rings. The summed E-state index contributed by atoms with van der Waals surface area (Å²) >= 11 is 0. The molecule has 0 aliphatic carbocycles. The van der Waals surface area contributed by atoms with Crippen LogP contribution in [0, 0.1) is 11.6 Å². The van der Waals surface area contributed by atoms with E-state index in [0.717, 1.165) is 6.07 Å². The van der Waals surface area contributed by atoms with Gasteiger partial charge in [-0.1, -0.05) is 0 Å². The molecular weight excluding hydrogens is 262 g/mol. The van der Waals surface area contributed by atoms with Gasteiger partial charge in [0.1, 0.15) is 11.6 Å². The first-order valence-electron chi connectivity index (χ1n) is 6.11. The molecule has 0 spiro atoms. The number of halogens is 2. The second kappa shape index (κ2) is 4.64. The van der Waals surface area contributed by atoms with Crippen molar-refractivity contribution in [3.8, 4) is 11.3 Å². The van der Waals surface area contributed by atoms with E-state index < -0.39 is 11.6 Å². The molecule has 1 aromatic carbocycles. The van der Waals surface area contributed by atoms with E-state index in [1.165, 1.54) is 12.1 Å². The van der Waals surface area contributed by atoms with Crippen molar-refractivity contribution in [1.82, 2.24) is 14.6 Å². The Kier molecular flexibility index (Phi) is 2.94. The summed E-state index contributed by atoms with van der Waals surface area (Å²) in [5, 5.41) is 4.35. The maximum absolute atomic E-state index is 13.4. The van der Waals surface area contributed by atoms with Gasteiger partial charge in [0.2, 0.25) is 0 Å². The molecule has 4 nitrogen and oxygen atoms in total. The smallest absolute Gasteiger partial charge is 0.153 e. The quantitative estimate of drug-likeness (QED) is 0.781. The maximum atomic E-state index is 13.4. The van der Waals surface area contributed by atoms with Gasteiger partial charge >= 0.3 is 0 Å². The average Bonchev–Trinajstić information content (AvgIpc) is 2.83. The largest absolute Gasteiger partial charge is 0.324 e. The van der Waals surface area contributed by atoms with Gasteiger partial charge in [-0.25, -0.2) is 18.3 Å². The minimum Gasteiger partial charge on any atom is -0.324 e. The van der Waals surface area contributed by atoms with Crippen LogP contribution in [-0.4, -0.2) is 14.6 Å². The molecule has 2 aromatic heterocycles. The summed E-state index contributed by atoms with van der Waals surface area (Å²) in [6.45, 7) is 1.79. The van der Waals surface area contributed by atoms with Gasteiger partial charge in [0, 0.05) is 35.6 Å². The average molecular weight is 274 g/mol. The molecule has 0 unspecified atom stereocenters. The highest BCUT2D eigenvalue weighted by Crippen LogP contribution is 2.27. The summed E-state index contributed by atoms with van der Waals surface area (Å²) < 4.78 is 28.3. The minimum absolute atomic E-state index is 0.328. The molecule has 3 aromatic rings. The molecular formula is C14H12F2N4. The minimum atomic E-state index is -0.650. The Morgan fingerprint density at radius 2 is 1.85 bits per heavy atom. The lowest BCUT2D eigenvalue weighted by atomic mass is 10.0. The molecule has 1 atom stereocenters. The predicted molar refractivity (Wildman–Crippen MR) is 70.9 cm³/mol. The van der Waals surface area contributed by atoms with Gasteiger partial charge in [-0.3, -0.25) is 0 Å². The van der Waals surface area contributed by atoms with Crippen LogP contribution in [0.15, 0.2) is 36.7 Å². The van der Waals surface area contributed by atoms with Gasteiger partial charge in [-0.2, -0.15) is 5.10 Å². The zero-order valence-corrected chi connectivity index (χ0v) is 10.7. The van der Waals surface area contributed by atoms with Crippen molar-refractivity contribution < 1.29 is 8.78 Å². The third-order valence-corrected chi connectivity index (χ3v) is 3.04. The number of nitrogens with zero attached hydrogens (tertiary/aromatic N) is 3. The normalized spacial score (nSPS) is 12.8. The van der Waals surface area contributed by atoms with Crippen molar-refractivity contribution in [2.24, 2.45) is 5.73 Å². The summed E-state index contributed by atoms with van der Waals surface area (Å²) in [5.41, 5.74) is 8.05. The van der Waals surface area contributed by atoms with E-state index in [-0.39, 0.29) is 6.04 Å². The van der Waals surface area contributed by atoms with Gasteiger partial charge in [0.05, 0.1) is 5.69 Å². The Hall–Kier alpha value is -2.34. The van der Waals surface area contributed by atoms with Crippen LogP contribution in [0.3, 0.4) is 0 Å². The summed E-state index contributed by atoms with van der Waals surface area (Å²) in [6, 6.07) is 4.74. The highest BCUT2D eigenvalue weighted by Gasteiger charge is 2.15. The van der Waals surface area contributed by atoms with Gasteiger partial charge < -0.3 is 5.73 Å². The van der Waals surface area contributed by atoms with Crippen molar-refractivity contribution in [2.75, 3.05) is 0 Å². The molecule has 6 heteroatoms. The van der Waals surface area contributed by atoms with Gasteiger partial charge in [0.25, 0.3) is 0 Å². The first-order chi connectivity index (χ1) is 9.54. The van der Waals surface area contributed by atoms with Gasteiger partial charge in [-0.05, 0) is 25.1 Å². The Bertz CT molecular complexity index is 760. The van der Waals surface area contributed by atoms with Gasteiger partial charge in [-0.15, -0.1) is 0 Å². The molecule has 0 saturated heterocycles. The number of fused-ring (bicyclic) bond motifs is 1. The molecule has 102 valence electrons. The van der Waals surface area contributed by atoms with Crippen molar-refractivity contribution in [2.45, 2.75) is 13.0 Å². The van der Waals surface area contributed by atoms with Crippen molar-refractivity contribution in [3.05, 3.63) is 53.9 Å². The second-order valence-corrected chi connectivity index (χ2v) is 4.63. The second-order valence-electron chi connectivity index (χ2n) is 4.63. The SMILES string of the molecule is C[C@H](N)c1cc2nccn2nc1-c1cc(F)cc(F)c1. The molecule has 20 heavy (non-hydrogen) atoms. The fraction of sp³-hybridized carbons (Fsp3) is 0.143. The highest BCUT2D eigenvalue weighted by atomic mass is 19.1. The van der Waals surface area contributed by atoms with Crippen LogP contribution in [0.5, 0.6) is 0 Å². The number of rotatable bonds is 2. The molecule has 0 amide bonds. The predicted octanol–water partition coefficient (Wildman–Crippen LogP) is 2.69. The maximum Gasteiger partial charge on any atom is 0.153 e. The van der Waals surface area contributed by atoms with Crippen LogP contribution in [0.4, 0.5) is 8.78 Å². The number of hydrogen-bond donors (Lipinski definition) is 1. The molecule has 0 saturated carbocycles. The van der Waals surface area contributed by atoms with E-state index in [0.29, 0.717) is 22.5 Å². The molecule has 2 N–H and O–H groups in total. The Balaban J connectivity index is 2.29. The summed E-state index contributed by atoms with van der Waals surface area (Å²) in [6.07, 6.45) is 3.27. The number of benzene rings is 1. The van der Waals surface area contributed by atoms with E-state index in [1.807, 2.05) is 0 Å². The third kappa shape index (κ3) is 2.14. The van der Waals surface area contributed by atoms with E-state index in [2.05, 4.69) is 10.1 Å². The van der Waals surface area contributed by atoms with Crippen LogP contribution in [0.25, 0.3) is 16.9 Å². The Labute approximate surface area is 113 Å². The van der Waals surface area contributed by atoms with Crippen LogP contribution in [-0.2, 0) is 0 Å². The molecule has 0 bridgehead atoms. The summed E-state index contributed by atoms with van der Waals surface area (Å²) in [7, 11) is 0. The summed E-state index contributed by atoms with van der Waals surface area (Å²) in [4.78, 5) is 4.13. The van der Waals surface area contributed by atoms with Crippen molar-refractivity contribution >= 4 is 5.65 Å². The van der Waals surface area contributed by atoms with E-state index in [9.17, 15) is 8.78 Å². The number of aromatic nitrogens is 3. The summed E-state index contributed by atoms with van der Waals surface area (Å²) in [5.74, 6) is -1.30. The van der Waals surface area contributed by atoms with Crippen LogP contribution >= 0.6 is 0 Å². The van der Waals surface area contributed by atoms with Crippen LogP contribution < -0.4 is 5.73 Å². The Morgan fingerprint density at radius 3 is 2.50 bits per heavy atom. The fourth-order valence-corrected chi connectivity index (χ4v) is 2.13. The van der Waals surface area contributed by atoms with E-state index in [1.54, 1.807) is 29.9 Å². The van der Waals surface area contributed by atoms with Crippen molar-refractivity contribution in [1.29, 1.82) is 0 Å². The number of imidazole rings is 1. The topological polar surface area (TPSA) is 56.2 Å². The number of nitrogens with two attached hydrogens (primary N) is 1. The first-order valence-corrected chi connectivity index (χ1v) is 6.11. The molecule has 2 heterocycles. The monoisotopic (exact) mass is 274 g/mol. The third-order valence-electron chi connectivity index (χ3n) is 3.04. The fourth-order valence-electron chi connectivity index (χ4n) is 2.13. The lowest BCUT2D eigenvalue weighted by Gasteiger charge is -2.12. The lowest BCUT2D eigenvalue weighted by Crippen LogP contribution is -2.10. The molecule has 0 fully saturated rings. The molecule has 0 aliphatic heterocycles. The van der Waals surface area contributed by atoms with E-state index in [4.69, 9.17) is 5.73 Å². The molecule has 0 radical (unpaired) electrons. The number of hydrogen-bond acceptors (Lipinski definition) is 3. The Morgan fingerprint density at radius 1 is 1.15 bits per heavy atom. The lowest BCUT2D eigenvalue weighted by molar-refractivity contribution is 0.584. The van der Waals surface area contributed by atoms with Gasteiger partial charge in [0.15, 0.2) is 5.65 Å². The zero-order chi connectivity index (χ0) is 14.3. The standard InChI is InChI=1S/C14H12F2N4/c1-8(17)12-7-13-18-2-3-20(13)19-14(12)9-4-10(15)6-11(16)5-9/h2-8H,17H2,1H3/t8-/m0/s1. The molecule has 3 rings (SSSR count). The van der Waals surface area contributed by atoms with Crippen LogP contribution in [0.1, 0.15) is 18.5 Å². The van der Waals surface area contributed by atoms with E-state index >= 15 is 0 Å². The first kappa shape index (κ1) is 12.7. The zero-order valence-electron chi connectivity index (χ0n) is 10.7. The van der Waals surface area contributed by atoms with Crippen molar-refractivity contribution in [3.63, 3.8) is 0 Å². The van der Waals surface area contributed by atoms with Crippen LogP contribution in [0.2, 0.25) is 0 Å².